The van der Waals surface area contributed by atoms with Gasteiger partial charge in [-0.15, -0.1) is 0 Å². The average Bonchev–Trinajstić information content (AvgIpc) is 3.46. The van der Waals surface area contributed by atoms with Crippen molar-refractivity contribution in [1.82, 2.24) is 9.55 Å². The molecule has 0 saturated heterocycles. The molecule has 9 heteroatoms. The fraction of sp³-hybridized carbons (Fsp3) is 0.440. The van der Waals surface area contributed by atoms with Crippen molar-refractivity contribution in [3.8, 4) is 17.2 Å². The maximum absolute atomic E-state index is 12.5. The first-order chi connectivity index (χ1) is 16.3. The summed E-state index contributed by atoms with van der Waals surface area (Å²) >= 11 is 0. The number of ether oxygens (including phenoxy) is 4. The predicted molar refractivity (Wildman–Crippen MR) is 124 cm³/mol. The number of carbonyl (C=O) groups excluding carboxylic acids is 1. The summed E-state index contributed by atoms with van der Waals surface area (Å²) in [6, 6.07) is 1.73. The summed E-state index contributed by atoms with van der Waals surface area (Å²) in [5, 5.41) is 19.8. The maximum atomic E-state index is 12.5. The zero-order chi connectivity index (χ0) is 24.3. The molecule has 34 heavy (non-hydrogen) atoms. The van der Waals surface area contributed by atoms with Crippen molar-refractivity contribution in [1.29, 1.82) is 0 Å². The number of allylic oxidation sites excluding steroid dienone is 3. The first kappa shape index (κ1) is 23.8. The lowest BCUT2D eigenvalue weighted by Gasteiger charge is -2.24. The van der Waals surface area contributed by atoms with E-state index in [1.165, 1.54) is 0 Å². The highest BCUT2D eigenvalue weighted by atomic mass is 16.6. The number of rotatable bonds is 9. The maximum Gasteiger partial charge on any atom is 0.374 e. The number of esters is 1. The van der Waals surface area contributed by atoms with E-state index in [0.717, 1.165) is 11.1 Å². The standard InChI is InChI=1S/C25H30N2O7/c1-4-31-24(29)20-12-16(6-8-27-9-7-26-15-27)22-19(33-20)14-18-17(23(22)32-11-5-10-28)13-21(34-18)25(2,3)30/h6-7,9,12,14-15,21,28,30H,4-5,8,10-11,13H2,1-3H3. The lowest BCUT2D eigenvalue weighted by Crippen LogP contribution is -2.39. The van der Waals surface area contributed by atoms with Gasteiger partial charge in [0.25, 0.3) is 0 Å². The van der Waals surface area contributed by atoms with E-state index >= 15 is 0 Å². The van der Waals surface area contributed by atoms with Crippen molar-refractivity contribution in [3.05, 3.63) is 53.8 Å². The molecule has 9 nitrogen and oxygen atoms in total. The number of fused-ring (bicyclic) bond motifs is 2. The third-order valence-electron chi connectivity index (χ3n) is 5.66. The molecule has 3 heterocycles. The van der Waals surface area contributed by atoms with Gasteiger partial charge in [-0.3, -0.25) is 0 Å². The number of nitrogens with zero attached hydrogens (tertiary/aromatic N) is 2. The molecule has 4 rings (SSSR count). The largest absolute Gasteiger partial charge is 0.492 e. The molecule has 2 aromatic rings. The Morgan fingerprint density at radius 1 is 1.38 bits per heavy atom. The fourth-order valence-electron chi connectivity index (χ4n) is 3.90. The predicted octanol–water partition coefficient (Wildman–Crippen LogP) is 2.64. The van der Waals surface area contributed by atoms with Crippen LogP contribution in [0.25, 0.3) is 5.57 Å². The highest BCUT2D eigenvalue weighted by Gasteiger charge is 2.39. The highest BCUT2D eigenvalue weighted by molar-refractivity contribution is 5.95. The van der Waals surface area contributed by atoms with E-state index in [4.69, 9.17) is 18.9 Å². The van der Waals surface area contributed by atoms with Gasteiger partial charge in [0, 0.05) is 50.0 Å². The van der Waals surface area contributed by atoms with Crippen molar-refractivity contribution in [2.45, 2.75) is 51.9 Å². The van der Waals surface area contributed by atoms with Crippen molar-refractivity contribution in [3.63, 3.8) is 0 Å². The van der Waals surface area contributed by atoms with E-state index in [9.17, 15) is 15.0 Å². The molecule has 2 N–H and O–H groups in total. The van der Waals surface area contributed by atoms with Gasteiger partial charge in [-0.05, 0) is 32.4 Å². The summed E-state index contributed by atoms with van der Waals surface area (Å²) in [6.07, 6.45) is 9.27. The number of aliphatic hydroxyl groups excluding tert-OH is 1. The zero-order valence-corrected chi connectivity index (χ0v) is 19.6. The van der Waals surface area contributed by atoms with Gasteiger partial charge in [-0.25, -0.2) is 9.78 Å². The lowest BCUT2D eigenvalue weighted by molar-refractivity contribution is -0.141. The molecule has 0 bridgehead atoms. The van der Waals surface area contributed by atoms with Crippen LogP contribution in [0.2, 0.25) is 0 Å². The molecule has 1 aromatic carbocycles. The molecule has 2 aliphatic rings. The van der Waals surface area contributed by atoms with Gasteiger partial charge < -0.3 is 33.7 Å². The number of benzene rings is 1. The molecule has 0 amide bonds. The van der Waals surface area contributed by atoms with E-state index < -0.39 is 17.7 Å². The van der Waals surface area contributed by atoms with E-state index in [2.05, 4.69) is 4.98 Å². The molecular weight excluding hydrogens is 440 g/mol. The van der Waals surface area contributed by atoms with Gasteiger partial charge in [0.15, 0.2) is 0 Å². The highest BCUT2D eigenvalue weighted by Crippen LogP contribution is 2.50. The number of aliphatic hydroxyl groups is 2. The van der Waals surface area contributed by atoms with Gasteiger partial charge in [0.2, 0.25) is 5.76 Å². The number of carbonyl (C=O) groups is 1. The van der Waals surface area contributed by atoms with Gasteiger partial charge in [-0.2, -0.15) is 0 Å². The Hall–Kier alpha value is -3.30. The average molecular weight is 471 g/mol. The molecule has 1 atom stereocenters. The number of hydrogen-bond acceptors (Lipinski definition) is 8. The van der Waals surface area contributed by atoms with Crippen LogP contribution in [-0.4, -0.2) is 57.3 Å². The minimum atomic E-state index is -1.07. The number of hydrogen-bond donors (Lipinski definition) is 2. The second-order valence-corrected chi connectivity index (χ2v) is 8.70. The van der Waals surface area contributed by atoms with Crippen LogP contribution in [0.5, 0.6) is 17.2 Å². The Bertz CT molecular complexity index is 1100. The van der Waals surface area contributed by atoms with Gasteiger partial charge in [-0.1, -0.05) is 6.08 Å². The Kier molecular flexibility index (Phi) is 6.95. The second-order valence-electron chi connectivity index (χ2n) is 8.70. The van der Waals surface area contributed by atoms with E-state index in [1.54, 1.807) is 45.4 Å². The van der Waals surface area contributed by atoms with Crippen molar-refractivity contribution >= 4 is 11.5 Å². The minimum Gasteiger partial charge on any atom is -0.492 e. The molecule has 0 spiro atoms. The summed E-state index contributed by atoms with van der Waals surface area (Å²) in [4.78, 5) is 16.6. The summed E-state index contributed by atoms with van der Waals surface area (Å²) in [5.41, 5.74) is 1.15. The monoisotopic (exact) mass is 470 g/mol. The Balaban J connectivity index is 1.82. The molecule has 0 saturated carbocycles. The second kappa shape index (κ2) is 9.90. The number of aromatic nitrogens is 2. The first-order valence-electron chi connectivity index (χ1n) is 11.4. The van der Waals surface area contributed by atoms with Crippen molar-refractivity contribution in [2.75, 3.05) is 19.8 Å². The van der Waals surface area contributed by atoms with Crippen LogP contribution in [-0.2, 0) is 22.5 Å². The van der Waals surface area contributed by atoms with E-state index in [-0.39, 0.29) is 25.6 Å². The molecule has 1 unspecified atom stereocenters. The van der Waals surface area contributed by atoms with Gasteiger partial charge in [0.1, 0.15) is 23.4 Å². The lowest BCUT2D eigenvalue weighted by atomic mass is 9.92. The van der Waals surface area contributed by atoms with Crippen LogP contribution in [0.3, 0.4) is 0 Å². The molecule has 0 radical (unpaired) electrons. The summed E-state index contributed by atoms with van der Waals surface area (Å²) in [5.74, 6) is 0.981. The Morgan fingerprint density at radius 2 is 2.21 bits per heavy atom. The molecule has 182 valence electrons. The number of imidazole rings is 1. The summed E-state index contributed by atoms with van der Waals surface area (Å²) in [7, 11) is 0. The Morgan fingerprint density at radius 3 is 2.88 bits per heavy atom. The summed E-state index contributed by atoms with van der Waals surface area (Å²) in [6.45, 7) is 6.14. The van der Waals surface area contributed by atoms with Crippen LogP contribution in [0.4, 0.5) is 0 Å². The van der Waals surface area contributed by atoms with Crippen LogP contribution in [0.1, 0.15) is 38.3 Å². The van der Waals surface area contributed by atoms with Crippen molar-refractivity contribution < 1.29 is 34.0 Å². The zero-order valence-electron chi connectivity index (χ0n) is 19.6. The van der Waals surface area contributed by atoms with Crippen LogP contribution in [0, 0.1) is 0 Å². The third kappa shape index (κ3) is 4.95. The molecule has 0 fully saturated rings. The first-order valence-corrected chi connectivity index (χ1v) is 11.4. The van der Waals surface area contributed by atoms with Gasteiger partial charge >= 0.3 is 5.97 Å². The molecule has 0 aliphatic carbocycles. The van der Waals surface area contributed by atoms with E-state index in [1.807, 2.05) is 16.8 Å². The molecule has 2 aliphatic heterocycles. The third-order valence-corrected chi connectivity index (χ3v) is 5.66. The minimum absolute atomic E-state index is 0.00720. The quantitative estimate of drug-likeness (QED) is 0.425. The van der Waals surface area contributed by atoms with Crippen LogP contribution in [0.15, 0.2) is 42.7 Å². The normalized spacial score (nSPS) is 18.0. The smallest absolute Gasteiger partial charge is 0.374 e. The SMILES string of the molecule is CCOC(=O)C1=CC(=CCn2ccnc2)c2c(cc3c(c2OCCCO)CC(C(C)(C)O)O3)O1. The van der Waals surface area contributed by atoms with Crippen molar-refractivity contribution in [2.24, 2.45) is 0 Å². The molecule has 1 aromatic heterocycles. The summed E-state index contributed by atoms with van der Waals surface area (Å²) < 4.78 is 25.2. The van der Waals surface area contributed by atoms with Crippen LogP contribution >= 0.6 is 0 Å². The fourth-order valence-corrected chi connectivity index (χ4v) is 3.90. The van der Waals surface area contributed by atoms with E-state index in [0.29, 0.717) is 42.2 Å². The molecular formula is C25H30N2O7. The topological polar surface area (TPSA) is 112 Å². The van der Waals surface area contributed by atoms with Crippen LogP contribution < -0.4 is 14.2 Å². The van der Waals surface area contributed by atoms with Gasteiger partial charge in [0.05, 0.1) is 30.7 Å². The Labute approximate surface area is 198 Å².